The summed E-state index contributed by atoms with van der Waals surface area (Å²) in [5.74, 6) is -1.92. The molecule has 0 spiro atoms. The minimum atomic E-state index is -1.10. The number of aromatic carboxylic acids is 1. The van der Waals surface area contributed by atoms with Crippen molar-refractivity contribution in [3.63, 3.8) is 0 Å². The van der Waals surface area contributed by atoms with Crippen molar-refractivity contribution in [2.75, 3.05) is 11.1 Å². The number of carbonyl (C=O) groups is 2. The first kappa shape index (κ1) is 36.2. The highest BCUT2D eigenvalue weighted by atomic mass is 35.5. The van der Waals surface area contributed by atoms with Gasteiger partial charge in [0.25, 0.3) is 11.7 Å². The molecule has 6 rings (SSSR count). The van der Waals surface area contributed by atoms with Crippen LogP contribution in [0.15, 0.2) is 97.1 Å². The molecule has 0 aliphatic heterocycles. The zero-order valence-electron chi connectivity index (χ0n) is 26.2. The molecule has 0 saturated carbocycles. The fourth-order valence-corrected chi connectivity index (χ4v) is 4.49. The van der Waals surface area contributed by atoms with Gasteiger partial charge in [0.1, 0.15) is 11.6 Å². The van der Waals surface area contributed by atoms with Crippen LogP contribution in [0.5, 0.6) is 0 Å². The van der Waals surface area contributed by atoms with Gasteiger partial charge >= 0.3 is 5.97 Å². The third-order valence-electron chi connectivity index (χ3n) is 6.64. The Hall–Kier alpha value is -5.66. The van der Waals surface area contributed by atoms with Crippen LogP contribution in [0.2, 0.25) is 10.0 Å². The first-order chi connectivity index (χ1) is 23.4. The number of carboxylic acid groups (broad SMARTS) is 1. The third-order valence-corrected chi connectivity index (χ3v) is 7.22. The fraction of sp³-hybridized carbons (Fsp3) is 0.118. The minimum absolute atomic E-state index is 0.00966. The van der Waals surface area contributed by atoms with Gasteiger partial charge in [-0.3, -0.25) is 4.79 Å². The van der Waals surface area contributed by atoms with Gasteiger partial charge in [-0.2, -0.15) is 0 Å². The number of nitrogens with two attached hydrogens (primary N) is 1. The zero-order valence-corrected chi connectivity index (χ0v) is 27.7. The fourth-order valence-electron chi connectivity index (χ4n) is 4.14. The lowest BCUT2D eigenvalue weighted by atomic mass is 10.2. The number of carboxylic acids is 1. The van der Waals surface area contributed by atoms with E-state index in [-0.39, 0.29) is 33.1 Å². The normalized spacial score (nSPS) is 10.3. The Morgan fingerprint density at radius 2 is 1.18 bits per heavy atom. The smallest absolute Gasteiger partial charge is 0.375 e. The van der Waals surface area contributed by atoms with E-state index < -0.39 is 23.5 Å². The van der Waals surface area contributed by atoms with Crippen molar-refractivity contribution in [3.8, 4) is 0 Å². The summed E-state index contributed by atoms with van der Waals surface area (Å²) in [6.07, 6.45) is 0. The first-order valence-corrected chi connectivity index (χ1v) is 15.3. The van der Waals surface area contributed by atoms with Gasteiger partial charge in [0.05, 0.1) is 34.5 Å². The first-order valence-electron chi connectivity index (χ1n) is 14.5. The molecule has 0 radical (unpaired) electrons. The summed E-state index contributed by atoms with van der Waals surface area (Å²) in [6, 6.07) is 28.3. The van der Waals surface area contributed by atoms with Crippen LogP contribution in [0.4, 0.5) is 20.2 Å². The molecule has 6 aromatic rings. The standard InChI is InChI=1S/C17H14ClFN4O.C11H11N3O2.C6H5ClFN/c1-11-20-16(22-23(11)10-12-6-3-2-4-7-12)17(24)21-14-9-5-8-13(18)15(14)19;1-8-12-10(11(15)16)13-14(8)7-9-5-3-2-4-6-9;7-4-2-1-3-5(9)6(4)8/h2-9H,10H2,1H3,(H,21,24);2-6H,7H2,1H3,(H,15,16);1-3H,9H2. The van der Waals surface area contributed by atoms with Crippen molar-refractivity contribution in [2.24, 2.45) is 0 Å². The molecule has 0 bridgehead atoms. The molecule has 0 aliphatic rings. The molecule has 0 fully saturated rings. The van der Waals surface area contributed by atoms with Gasteiger partial charge in [-0.15, -0.1) is 10.2 Å². The molecule has 0 saturated heterocycles. The predicted molar refractivity (Wildman–Crippen MR) is 183 cm³/mol. The number of halogens is 4. The van der Waals surface area contributed by atoms with E-state index in [1.807, 2.05) is 60.7 Å². The van der Waals surface area contributed by atoms with E-state index in [1.54, 1.807) is 35.3 Å². The zero-order chi connectivity index (χ0) is 35.5. The molecule has 4 N–H and O–H groups in total. The number of hydrogen-bond acceptors (Lipinski definition) is 7. The lowest BCUT2D eigenvalue weighted by Gasteiger charge is -2.05. The van der Waals surface area contributed by atoms with Gasteiger partial charge < -0.3 is 16.2 Å². The molecule has 2 aromatic heterocycles. The van der Waals surface area contributed by atoms with Gasteiger partial charge in [0.15, 0.2) is 11.6 Å². The highest BCUT2D eigenvalue weighted by molar-refractivity contribution is 6.31. The molecule has 2 heterocycles. The predicted octanol–water partition coefficient (Wildman–Crippen LogP) is 7.07. The molecule has 0 unspecified atom stereocenters. The van der Waals surface area contributed by atoms with E-state index in [0.717, 1.165) is 11.1 Å². The van der Waals surface area contributed by atoms with Crippen LogP contribution in [0.3, 0.4) is 0 Å². The van der Waals surface area contributed by atoms with Crippen molar-refractivity contribution in [1.82, 2.24) is 29.5 Å². The molecule has 252 valence electrons. The summed E-state index contributed by atoms with van der Waals surface area (Å²) < 4.78 is 29.5. The van der Waals surface area contributed by atoms with Crippen LogP contribution in [0.25, 0.3) is 0 Å². The van der Waals surface area contributed by atoms with Gasteiger partial charge in [-0.25, -0.2) is 32.9 Å². The minimum Gasteiger partial charge on any atom is -0.475 e. The highest BCUT2D eigenvalue weighted by Crippen LogP contribution is 2.22. The van der Waals surface area contributed by atoms with Crippen molar-refractivity contribution < 1.29 is 23.5 Å². The quantitative estimate of drug-likeness (QED) is 0.149. The number of aromatic nitrogens is 6. The maximum absolute atomic E-state index is 13.9. The maximum atomic E-state index is 13.9. The van der Waals surface area contributed by atoms with Crippen LogP contribution in [-0.4, -0.2) is 46.5 Å². The van der Waals surface area contributed by atoms with E-state index in [2.05, 4.69) is 25.5 Å². The van der Waals surface area contributed by atoms with Crippen molar-refractivity contribution >= 4 is 46.5 Å². The number of nitrogens with zero attached hydrogens (tertiary/aromatic N) is 6. The average molecular weight is 708 g/mol. The second-order valence-electron chi connectivity index (χ2n) is 10.3. The molecule has 4 aromatic carbocycles. The summed E-state index contributed by atoms with van der Waals surface area (Å²) in [7, 11) is 0. The maximum Gasteiger partial charge on any atom is 0.375 e. The topological polar surface area (TPSA) is 154 Å². The van der Waals surface area contributed by atoms with Crippen LogP contribution in [0, 0.1) is 25.5 Å². The number of carbonyl (C=O) groups excluding carboxylic acids is 1. The van der Waals surface area contributed by atoms with Gasteiger partial charge in [0, 0.05) is 0 Å². The Labute approximate surface area is 290 Å². The summed E-state index contributed by atoms with van der Waals surface area (Å²) in [6.45, 7) is 4.53. The third kappa shape index (κ3) is 10.2. The summed E-state index contributed by atoms with van der Waals surface area (Å²) in [5.41, 5.74) is 7.34. The molecular formula is C34H30Cl2F2N8O3. The number of anilines is 2. The van der Waals surface area contributed by atoms with Crippen molar-refractivity contribution in [2.45, 2.75) is 26.9 Å². The Morgan fingerprint density at radius 3 is 1.65 bits per heavy atom. The van der Waals surface area contributed by atoms with Gasteiger partial charge in [-0.05, 0) is 49.2 Å². The molecule has 1 amide bonds. The van der Waals surface area contributed by atoms with Crippen molar-refractivity contribution in [1.29, 1.82) is 0 Å². The number of aryl methyl sites for hydroxylation is 2. The largest absolute Gasteiger partial charge is 0.475 e. The summed E-state index contributed by atoms with van der Waals surface area (Å²) in [4.78, 5) is 30.9. The van der Waals surface area contributed by atoms with E-state index in [1.165, 1.54) is 24.3 Å². The summed E-state index contributed by atoms with van der Waals surface area (Å²) >= 11 is 11.1. The molecule has 0 aliphatic carbocycles. The van der Waals surface area contributed by atoms with Crippen LogP contribution < -0.4 is 11.1 Å². The Morgan fingerprint density at radius 1 is 0.714 bits per heavy atom. The highest BCUT2D eigenvalue weighted by Gasteiger charge is 2.17. The van der Waals surface area contributed by atoms with E-state index in [9.17, 15) is 18.4 Å². The molecular weight excluding hydrogens is 677 g/mol. The van der Waals surface area contributed by atoms with E-state index >= 15 is 0 Å². The number of nitrogens with one attached hydrogen (secondary N) is 1. The van der Waals surface area contributed by atoms with Gasteiger partial charge in [-0.1, -0.05) is 96.0 Å². The number of benzene rings is 4. The molecule has 11 nitrogen and oxygen atoms in total. The Balaban J connectivity index is 0.000000185. The van der Waals surface area contributed by atoms with Crippen molar-refractivity contribution in [3.05, 3.63) is 153 Å². The molecule has 0 atom stereocenters. The lowest BCUT2D eigenvalue weighted by Crippen LogP contribution is -2.15. The SMILES string of the molecule is Cc1nc(C(=O)Nc2cccc(Cl)c2F)nn1Cc1ccccc1.Cc1nc(C(=O)O)nn1Cc1ccccc1.Nc1cccc(Cl)c1F. The second kappa shape index (κ2) is 16.9. The van der Waals surface area contributed by atoms with E-state index in [4.69, 9.17) is 34.0 Å². The number of amides is 1. The Kier molecular flexibility index (Phi) is 12.5. The van der Waals surface area contributed by atoms with Crippen LogP contribution in [0.1, 0.15) is 44.0 Å². The van der Waals surface area contributed by atoms with Crippen LogP contribution >= 0.6 is 23.2 Å². The molecule has 15 heteroatoms. The second-order valence-corrected chi connectivity index (χ2v) is 11.1. The van der Waals surface area contributed by atoms with E-state index in [0.29, 0.717) is 24.7 Å². The Bertz CT molecular complexity index is 2020. The number of nitrogen functional groups attached to an aromatic ring is 1. The molecule has 49 heavy (non-hydrogen) atoms. The number of hydrogen-bond donors (Lipinski definition) is 3. The van der Waals surface area contributed by atoms with Gasteiger partial charge in [0.2, 0.25) is 5.82 Å². The summed E-state index contributed by atoms with van der Waals surface area (Å²) in [5, 5.41) is 19.3. The average Bonchev–Trinajstić information content (AvgIpc) is 3.65. The monoisotopic (exact) mass is 706 g/mol. The lowest BCUT2D eigenvalue weighted by molar-refractivity contribution is 0.0683. The van der Waals surface area contributed by atoms with Crippen LogP contribution in [-0.2, 0) is 13.1 Å². The number of rotatable bonds is 7.